The molecule has 2 heterocycles. The number of anilines is 2. The number of benzene rings is 2. The second-order valence-corrected chi connectivity index (χ2v) is 13.0. The molecule has 0 bridgehead atoms. The minimum Gasteiger partial charge on any atom is -0.373 e. The molecule has 15 heteroatoms. The molecule has 1 amide bonds. The van der Waals surface area contributed by atoms with Gasteiger partial charge in [-0.2, -0.15) is 4.31 Å². The summed E-state index contributed by atoms with van der Waals surface area (Å²) in [5, 5.41) is 6.53. The minimum absolute atomic E-state index is 0. The van der Waals surface area contributed by atoms with Crippen molar-refractivity contribution in [2.45, 2.75) is 49.7 Å². The van der Waals surface area contributed by atoms with Gasteiger partial charge in [0.15, 0.2) is 10.7 Å². The zero-order valence-electron chi connectivity index (χ0n) is 22.1. The summed E-state index contributed by atoms with van der Waals surface area (Å²) in [5.41, 5.74) is 0.422. The third-order valence-corrected chi connectivity index (χ3v) is 9.53. The van der Waals surface area contributed by atoms with Gasteiger partial charge in [0.2, 0.25) is 10.0 Å². The molecule has 1 radical (unpaired) electrons. The molecule has 3 aromatic rings. The van der Waals surface area contributed by atoms with Crippen LogP contribution in [0.25, 0.3) is 0 Å². The molecule has 0 spiro atoms. The monoisotopic (exact) mass is 605 g/mol. The van der Waals surface area contributed by atoms with E-state index in [0.29, 0.717) is 5.69 Å². The predicted octanol–water partition coefficient (Wildman–Crippen LogP) is 3.42. The van der Waals surface area contributed by atoms with Crippen LogP contribution in [0.4, 0.5) is 11.4 Å². The van der Waals surface area contributed by atoms with Gasteiger partial charge in [0, 0.05) is 53.4 Å². The van der Waals surface area contributed by atoms with E-state index in [-0.39, 0.29) is 92.4 Å². The Bertz CT molecular complexity index is 1550. The molecule has 1 aliphatic heterocycles. The van der Waals surface area contributed by atoms with Gasteiger partial charge in [-0.1, -0.05) is 16.8 Å². The molecule has 11 nitrogen and oxygen atoms in total. The standard InChI is InChI=1S/C24H27ClN4O7S2.Na/c1-14-12-29(13-15(2)35-14)38(33,34)20-8-6-19(7-9-20)26-24(30)21-11-18(25)5-10-22(21)28-37(31,32)23-16(3)27-36-17(23)4;/h5-11,14-15,28H,12-13H2,1-4H3,(H,26,30);/t14-,15+;. The molecule has 1 saturated heterocycles. The molecule has 2 atom stereocenters. The molecular formula is C24H27ClN4NaO7S2. The van der Waals surface area contributed by atoms with Crippen molar-refractivity contribution in [3.63, 3.8) is 0 Å². The van der Waals surface area contributed by atoms with Crippen molar-refractivity contribution in [1.82, 2.24) is 9.46 Å². The van der Waals surface area contributed by atoms with Crippen LogP contribution in [0.15, 0.2) is 56.8 Å². The molecule has 2 aromatic carbocycles. The van der Waals surface area contributed by atoms with Crippen molar-refractivity contribution < 1.29 is 30.9 Å². The van der Waals surface area contributed by atoms with Crippen LogP contribution in [0, 0.1) is 13.8 Å². The number of nitrogens with one attached hydrogen (secondary N) is 2. The number of hydrogen-bond acceptors (Lipinski definition) is 8. The van der Waals surface area contributed by atoms with Crippen molar-refractivity contribution >= 4 is 78.5 Å². The quantitative estimate of drug-likeness (QED) is 0.389. The number of morpholine rings is 1. The van der Waals surface area contributed by atoms with E-state index in [1.165, 1.54) is 60.6 Å². The summed E-state index contributed by atoms with van der Waals surface area (Å²) in [7, 11) is -7.88. The Balaban J connectivity index is 0.00000420. The maximum absolute atomic E-state index is 13.1. The molecule has 1 aliphatic rings. The van der Waals surface area contributed by atoms with E-state index in [0.717, 1.165) is 0 Å². The van der Waals surface area contributed by atoms with Gasteiger partial charge in [0.1, 0.15) is 5.69 Å². The third kappa shape index (κ3) is 7.03. The largest absolute Gasteiger partial charge is 0.373 e. The number of carbonyl (C=O) groups is 1. The molecular weight excluding hydrogens is 579 g/mol. The van der Waals surface area contributed by atoms with Gasteiger partial charge in [-0.25, -0.2) is 16.8 Å². The second kappa shape index (κ2) is 12.3. The Kier molecular flexibility index (Phi) is 9.93. The van der Waals surface area contributed by atoms with Crippen LogP contribution in [0.1, 0.15) is 35.7 Å². The van der Waals surface area contributed by atoms with Crippen LogP contribution in [0.5, 0.6) is 0 Å². The normalized spacial score (nSPS) is 18.3. The number of ether oxygens (including phenoxy) is 1. The molecule has 4 rings (SSSR count). The van der Waals surface area contributed by atoms with Crippen LogP contribution in [-0.2, 0) is 24.8 Å². The van der Waals surface area contributed by atoms with Crippen LogP contribution < -0.4 is 10.0 Å². The Morgan fingerprint density at radius 2 is 1.64 bits per heavy atom. The van der Waals surface area contributed by atoms with Crippen molar-refractivity contribution in [3.05, 3.63) is 64.5 Å². The topological polar surface area (TPSA) is 148 Å². The van der Waals surface area contributed by atoms with Gasteiger partial charge in [0.25, 0.3) is 15.9 Å². The summed E-state index contributed by atoms with van der Waals surface area (Å²) >= 11 is 6.09. The Hall–Kier alpha value is -1.97. The number of halogens is 1. The van der Waals surface area contributed by atoms with Crippen LogP contribution in [0.2, 0.25) is 5.02 Å². The van der Waals surface area contributed by atoms with E-state index in [2.05, 4.69) is 15.2 Å². The minimum atomic E-state index is -4.12. The summed E-state index contributed by atoms with van der Waals surface area (Å²) in [6.45, 7) is 7.07. The van der Waals surface area contributed by atoms with Crippen LogP contribution >= 0.6 is 11.6 Å². The molecule has 205 valence electrons. The van der Waals surface area contributed by atoms with Gasteiger partial charge in [-0.05, 0) is 70.2 Å². The van der Waals surface area contributed by atoms with E-state index in [1.807, 2.05) is 13.8 Å². The first-order valence-electron chi connectivity index (χ1n) is 11.6. The van der Waals surface area contributed by atoms with Gasteiger partial charge in [0.05, 0.1) is 28.4 Å². The molecule has 0 aliphatic carbocycles. The molecule has 39 heavy (non-hydrogen) atoms. The molecule has 1 aromatic heterocycles. The van der Waals surface area contributed by atoms with Crippen molar-refractivity contribution in [2.24, 2.45) is 0 Å². The first-order valence-corrected chi connectivity index (χ1v) is 14.9. The molecule has 1 fully saturated rings. The number of aromatic nitrogens is 1. The van der Waals surface area contributed by atoms with Gasteiger partial charge in [-0.15, -0.1) is 0 Å². The Labute approximate surface area is 254 Å². The second-order valence-electron chi connectivity index (χ2n) is 9.01. The smallest absolute Gasteiger partial charge is 0.267 e. The summed E-state index contributed by atoms with van der Waals surface area (Å²) < 4.78 is 66.5. The SMILES string of the molecule is Cc1noc(C)c1S(=O)(=O)Nc1ccc(Cl)cc1C(=O)Nc1ccc(S(=O)(=O)N2C[C@@H](C)O[C@@H](C)C2)cc1.[Na]. The number of carbonyl (C=O) groups excluding carboxylic acids is 1. The number of hydrogen-bond donors (Lipinski definition) is 2. The molecule has 0 saturated carbocycles. The van der Waals surface area contributed by atoms with Crippen molar-refractivity contribution in [3.8, 4) is 0 Å². The van der Waals surface area contributed by atoms with E-state index >= 15 is 0 Å². The van der Waals surface area contributed by atoms with Gasteiger partial charge in [-0.3, -0.25) is 9.52 Å². The van der Waals surface area contributed by atoms with Crippen molar-refractivity contribution in [2.75, 3.05) is 23.1 Å². The van der Waals surface area contributed by atoms with Crippen LogP contribution in [-0.4, -0.2) is 87.1 Å². The van der Waals surface area contributed by atoms with E-state index < -0.39 is 26.0 Å². The molecule has 2 N–H and O–H groups in total. The fourth-order valence-electron chi connectivity index (χ4n) is 4.23. The third-order valence-electron chi connectivity index (χ3n) is 5.84. The summed E-state index contributed by atoms with van der Waals surface area (Å²) in [6, 6.07) is 9.83. The molecule has 0 unspecified atom stereocenters. The maximum atomic E-state index is 13.1. The fourth-order valence-corrected chi connectivity index (χ4v) is 7.41. The first kappa shape index (κ1) is 31.6. The average molecular weight is 606 g/mol. The Morgan fingerprint density at radius 3 is 2.21 bits per heavy atom. The Morgan fingerprint density at radius 1 is 1.03 bits per heavy atom. The van der Waals surface area contributed by atoms with Gasteiger partial charge >= 0.3 is 0 Å². The van der Waals surface area contributed by atoms with E-state index in [1.54, 1.807) is 0 Å². The fraction of sp³-hybridized carbons (Fsp3) is 0.333. The predicted molar refractivity (Wildman–Crippen MR) is 147 cm³/mol. The summed E-state index contributed by atoms with van der Waals surface area (Å²) in [6.07, 6.45) is -0.456. The van der Waals surface area contributed by atoms with E-state index in [4.69, 9.17) is 20.9 Å². The van der Waals surface area contributed by atoms with E-state index in [9.17, 15) is 21.6 Å². The van der Waals surface area contributed by atoms with Crippen molar-refractivity contribution in [1.29, 1.82) is 0 Å². The maximum Gasteiger partial charge on any atom is 0.267 e. The van der Waals surface area contributed by atoms with Gasteiger partial charge < -0.3 is 14.6 Å². The van der Waals surface area contributed by atoms with Crippen LogP contribution in [0.3, 0.4) is 0 Å². The zero-order chi connectivity index (χ0) is 27.8. The number of rotatable bonds is 7. The zero-order valence-corrected chi connectivity index (χ0v) is 26.4. The number of sulfonamides is 2. The average Bonchev–Trinajstić information content (AvgIpc) is 3.18. The summed E-state index contributed by atoms with van der Waals surface area (Å²) in [5.74, 6) is -0.554. The number of nitrogens with zero attached hydrogens (tertiary/aromatic N) is 2. The number of aryl methyl sites for hydroxylation is 2. The number of amides is 1. The first-order chi connectivity index (χ1) is 17.8. The summed E-state index contributed by atoms with van der Waals surface area (Å²) in [4.78, 5) is 13.1.